The van der Waals surface area contributed by atoms with Crippen LogP contribution in [0, 0.1) is 6.92 Å². The van der Waals surface area contributed by atoms with Crippen LogP contribution in [-0.2, 0) is 10.0 Å². The van der Waals surface area contributed by atoms with Crippen molar-refractivity contribution < 1.29 is 8.42 Å². The maximum Gasteiger partial charge on any atom is 0.241 e. The van der Waals surface area contributed by atoms with E-state index in [4.69, 9.17) is 5.73 Å². The molecule has 0 spiro atoms. The average molecular weight is 349 g/mol. The molecule has 0 aromatic heterocycles. The van der Waals surface area contributed by atoms with Crippen molar-refractivity contribution in [3.8, 4) is 0 Å². The number of rotatable bonds is 6. The Kier molecular flexibility index (Phi) is 5.55. The number of nitrogens with two attached hydrogens (primary N) is 1. The summed E-state index contributed by atoms with van der Waals surface area (Å²) in [5, 5.41) is 0. The molecule has 6 heteroatoms. The maximum atomic E-state index is 12.5. The van der Waals surface area contributed by atoms with Crippen LogP contribution in [0.3, 0.4) is 0 Å². The molecule has 108 valence electrons. The molecule has 0 bridgehead atoms. The molecule has 0 heterocycles. The van der Waals surface area contributed by atoms with Gasteiger partial charge in [-0.2, -0.15) is 0 Å². The molecule has 1 rings (SSSR count). The number of nitrogens with one attached hydrogen (secondary N) is 1. The largest absolute Gasteiger partial charge is 0.329 e. The first-order valence-electron chi connectivity index (χ1n) is 6.31. The topological polar surface area (TPSA) is 72.2 Å². The number of benzene rings is 1. The molecule has 1 aromatic carbocycles. The summed E-state index contributed by atoms with van der Waals surface area (Å²) in [7, 11) is -3.57. The van der Waals surface area contributed by atoms with Gasteiger partial charge >= 0.3 is 0 Å². The van der Waals surface area contributed by atoms with E-state index in [1.54, 1.807) is 19.1 Å². The summed E-state index contributed by atoms with van der Waals surface area (Å²) in [5.41, 5.74) is 5.87. The molecule has 0 radical (unpaired) electrons. The molecule has 1 aromatic rings. The number of halogens is 1. The molecule has 0 aliphatic carbocycles. The third-order valence-corrected chi connectivity index (χ3v) is 6.18. The summed E-state index contributed by atoms with van der Waals surface area (Å²) >= 11 is 3.35. The third-order valence-electron chi connectivity index (χ3n) is 3.60. The van der Waals surface area contributed by atoms with Gasteiger partial charge in [-0.1, -0.05) is 35.8 Å². The second-order valence-corrected chi connectivity index (χ2v) is 7.17. The van der Waals surface area contributed by atoms with Crippen LogP contribution in [0.25, 0.3) is 0 Å². The highest BCUT2D eigenvalue weighted by atomic mass is 79.9. The van der Waals surface area contributed by atoms with Crippen LogP contribution < -0.4 is 10.5 Å². The van der Waals surface area contributed by atoms with Crippen LogP contribution in [0.2, 0.25) is 0 Å². The van der Waals surface area contributed by atoms with Crippen molar-refractivity contribution >= 4 is 26.0 Å². The Bertz CT molecular complexity index is 531. The lowest BCUT2D eigenvalue weighted by Gasteiger charge is -2.31. The van der Waals surface area contributed by atoms with Crippen molar-refractivity contribution in [3.63, 3.8) is 0 Å². The van der Waals surface area contributed by atoms with Crippen LogP contribution in [0.4, 0.5) is 0 Å². The smallest absolute Gasteiger partial charge is 0.241 e. The number of hydrogen-bond acceptors (Lipinski definition) is 3. The summed E-state index contributed by atoms with van der Waals surface area (Å²) in [6.45, 7) is 5.94. The van der Waals surface area contributed by atoms with E-state index >= 15 is 0 Å². The van der Waals surface area contributed by atoms with E-state index in [1.165, 1.54) is 0 Å². The second kappa shape index (κ2) is 6.35. The zero-order chi connectivity index (χ0) is 14.7. The lowest BCUT2D eigenvalue weighted by molar-refractivity contribution is 0.363. The van der Waals surface area contributed by atoms with E-state index < -0.39 is 15.6 Å². The Morgan fingerprint density at radius 2 is 1.89 bits per heavy atom. The summed E-state index contributed by atoms with van der Waals surface area (Å²) < 4.78 is 28.6. The van der Waals surface area contributed by atoms with Crippen LogP contribution in [0.5, 0.6) is 0 Å². The minimum atomic E-state index is -3.57. The van der Waals surface area contributed by atoms with Gasteiger partial charge in [0.1, 0.15) is 0 Å². The fourth-order valence-electron chi connectivity index (χ4n) is 1.94. The fourth-order valence-corrected chi connectivity index (χ4v) is 4.26. The molecule has 0 atom stereocenters. The average Bonchev–Trinajstić information content (AvgIpc) is 2.39. The molecular weight excluding hydrogens is 328 g/mol. The predicted molar refractivity (Wildman–Crippen MR) is 81.6 cm³/mol. The lowest BCUT2D eigenvalue weighted by atomic mass is 9.95. The molecule has 0 aliphatic heterocycles. The normalized spacial score (nSPS) is 12.7. The van der Waals surface area contributed by atoms with Crippen molar-refractivity contribution in [3.05, 3.63) is 28.2 Å². The van der Waals surface area contributed by atoms with Gasteiger partial charge in [0, 0.05) is 16.6 Å². The molecule has 0 fully saturated rings. The van der Waals surface area contributed by atoms with E-state index in [-0.39, 0.29) is 6.54 Å². The van der Waals surface area contributed by atoms with Crippen LogP contribution in [0.1, 0.15) is 32.3 Å². The Hall–Kier alpha value is -0.430. The van der Waals surface area contributed by atoms with Gasteiger partial charge in [-0.25, -0.2) is 13.1 Å². The molecule has 0 aliphatic rings. The lowest BCUT2D eigenvalue weighted by Crippen LogP contribution is -2.52. The molecule has 19 heavy (non-hydrogen) atoms. The summed E-state index contributed by atoms with van der Waals surface area (Å²) in [6.07, 6.45) is 1.32. The maximum absolute atomic E-state index is 12.5. The van der Waals surface area contributed by atoms with Crippen LogP contribution in [0.15, 0.2) is 27.6 Å². The van der Waals surface area contributed by atoms with Crippen LogP contribution >= 0.6 is 15.9 Å². The summed E-state index contributed by atoms with van der Waals surface area (Å²) in [4.78, 5) is 0.293. The van der Waals surface area contributed by atoms with Crippen molar-refractivity contribution in [1.82, 2.24) is 4.72 Å². The highest BCUT2D eigenvalue weighted by Crippen LogP contribution is 2.25. The highest BCUT2D eigenvalue weighted by molar-refractivity contribution is 9.10. The van der Waals surface area contributed by atoms with Gasteiger partial charge in [0.2, 0.25) is 10.0 Å². The molecule has 4 nitrogen and oxygen atoms in total. The van der Waals surface area contributed by atoms with Crippen molar-refractivity contribution in [1.29, 1.82) is 0 Å². The van der Waals surface area contributed by atoms with Gasteiger partial charge in [0.05, 0.1) is 4.90 Å². The minimum Gasteiger partial charge on any atom is -0.329 e. The van der Waals surface area contributed by atoms with Crippen LogP contribution in [-0.4, -0.2) is 20.5 Å². The van der Waals surface area contributed by atoms with Crippen molar-refractivity contribution in [2.45, 2.75) is 44.0 Å². The Labute approximate surface area is 124 Å². The molecular formula is C13H21BrN2O2S. The summed E-state index contributed by atoms with van der Waals surface area (Å²) in [6, 6.07) is 5.15. The Morgan fingerprint density at radius 3 is 2.37 bits per heavy atom. The van der Waals surface area contributed by atoms with Gasteiger partial charge in [-0.05, 0) is 37.5 Å². The van der Waals surface area contributed by atoms with Gasteiger partial charge in [-0.15, -0.1) is 0 Å². The van der Waals surface area contributed by atoms with Gasteiger partial charge < -0.3 is 5.73 Å². The monoisotopic (exact) mass is 348 g/mol. The van der Waals surface area contributed by atoms with Crippen molar-refractivity contribution in [2.75, 3.05) is 6.54 Å². The molecule has 0 amide bonds. The third kappa shape index (κ3) is 3.56. The first-order valence-corrected chi connectivity index (χ1v) is 8.58. The van der Waals surface area contributed by atoms with E-state index in [0.29, 0.717) is 23.3 Å². The Balaban J connectivity index is 3.22. The number of hydrogen-bond donors (Lipinski definition) is 2. The minimum absolute atomic E-state index is 0.284. The SMILES string of the molecule is CCC(CC)(CN)NS(=O)(=O)c1cccc(Br)c1C. The first kappa shape index (κ1) is 16.6. The summed E-state index contributed by atoms with van der Waals surface area (Å²) in [5.74, 6) is 0. The van der Waals surface area contributed by atoms with Gasteiger partial charge in [0.25, 0.3) is 0 Å². The zero-order valence-corrected chi connectivity index (χ0v) is 13.9. The van der Waals surface area contributed by atoms with E-state index in [0.717, 1.165) is 4.47 Å². The highest BCUT2D eigenvalue weighted by Gasteiger charge is 2.31. The molecule has 0 saturated heterocycles. The standard InChI is InChI=1S/C13H21BrN2O2S/c1-4-13(5-2,9-15)16-19(17,18)12-8-6-7-11(14)10(12)3/h6-8,16H,4-5,9,15H2,1-3H3. The zero-order valence-electron chi connectivity index (χ0n) is 11.5. The number of sulfonamides is 1. The predicted octanol–water partition coefficient (Wildman–Crippen LogP) is 2.55. The van der Waals surface area contributed by atoms with Gasteiger partial charge in [-0.3, -0.25) is 0 Å². The van der Waals surface area contributed by atoms with E-state index in [9.17, 15) is 8.42 Å². The van der Waals surface area contributed by atoms with Gasteiger partial charge in [0.15, 0.2) is 0 Å². The quantitative estimate of drug-likeness (QED) is 0.829. The van der Waals surface area contributed by atoms with E-state index in [2.05, 4.69) is 20.7 Å². The van der Waals surface area contributed by atoms with Crippen molar-refractivity contribution in [2.24, 2.45) is 5.73 Å². The molecule has 0 unspecified atom stereocenters. The fraction of sp³-hybridized carbons (Fsp3) is 0.538. The van der Waals surface area contributed by atoms with E-state index in [1.807, 2.05) is 19.9 Å². The second-order valence-electron chi connectivity index (χ2n) is 4.66. The first-order chi connectivity index (χ1) is 8.82. The molecule has 0 saturated carbocycles. The molecule has 3 N–H and O–H groups in total. The Morgan fingerprint density at radius 1 is 1.32 bits per heavy atom.